The second-order valence-corrected chi connectivity index (χ2v) is 3.02. The highest BCUT2D eigenvalue weighted by Crippen LogP contribution is 2.36. The van der Waals surface area contributed by atoms with E-state index < -0.39 is 0 Å². The summed E-state index contributed by atoms with van der Waals surface area (Å²) in [4.78, 5) is 0. The summed E-state index contributed by atoms with van der Waals surface area (Å²) in [6, 6.07) is 3.60. The van der Waals surface area contributed by atoms with E-state index in [0.717, 1.165) is 5.39 Å². The molecule has 70 valence electrons. The van der Waals surface area contributed by atoms with Gasteiger partial charge in [-0.15, -0.1) is 0 Å². The van der Waals surface area contributed by atoms with Gasteiger partial charge in [0.2, 0.25) is 6.79 Å². The predicted octanol–water partition coefficient (Wildman–Crippen LogP) is 0.941. The zero-order valence-electron chi connectivity index (χ0n) is 7.23. The summed E-state index contributed by atoms with van der Waals surface area (Å²) in [5, 5.41) is 8.56. The van der Waals surface area contributed by atoms with E-state index in [9.17, 15) is 0 Å². The topological polar surface area (TPSA) is 70.3 Å². The highest BCUT2D eigenvalue weighted by Gasteiger charge is 2.15. The van der Waals surface area contributed by atoms with Crippen molar-refractivity contribution in [2.45, 2.75) is 0 Å². The summed E-state index contributed by atoms with van der Waals surface area (Å²) in [7, 11) is 0. The second kappa shape index (κ2) is 2.47. The van der Waals surface area contributed by atoms with Crippen LogP contribution in [0.5, 0.6) is 11.5 Å². The van der Waals surface area contributed by atoms with Crippen LogP contribution in [-0.4, -0.2) is 17.0 Å². The second-order valence-electron chi connectivity index (χ2n) is 3.02. The van der Waals surface area contributed by atoms with Crippen molar-refractivity contribution in [3.63, 3.8) is 0 Å². The molecule has 1 aromatic carbocycles. The average Bonchev–Trinajstić information content (AvgIpc) is 2.62. The van der Waals surface area contributed by atoms with Crippen LogP contribution in [-0.2, 0) is 0 Å². The maximum atomic E-state index is 5.75. The van der Waals surface area contributed by atoms with Gasteiger partial charge in [0.15, 0.2) is 11.5 Å². The molecular formula is C9H7N3O2. The van der Waals surface area contributed by atoms with Crippen molar-refractivity contribution in [1.82, 2.24) is 10.2 Å². The lowest BCUT2D eigenvalue weighted by atomic mass is 10.2. The van der Waals surface area contributed by atoms with Crippen LogP contribution in [0.1, 0.15) is 0 Å². The molecule has 0 aliphatic carbocycles. The quantitative estimate of drug-likeness (QED) is 0.667. The third kappa shape index (κ3) is 0.891. The van der Waals surface area contributed by atoms with E-state index in [1.165, 1.54) is 6.20 Å². The molecule has 0 bridgehead atoms. The van der Waals surface area contributed by atoms with Crippen LogP contribution in [0.4, 0.5) is 5.69 Å². The lowest BCUT2D eigenvalue weighted by molar-refractivity contribution is 0.174. The number of hydrogen-bond acceptors (Lipinski definition) is 5. The molecule has 14 heavy (non-hydrogen) atoms. The first-order chi connectivity index (χ1) is 6.84. The number of fused-ring (bicyclic) bond motifs is 2. The van der Waals surface area contributed by atoms with Gasteiger partial charge in [-0.05, 0) is 6.07 Å². The minimum absolute atomic E-state index is 0.249. The number of aromatic nitrogens is 2. The minimum Gasteiger partial charge on any atom is -0.454 e. The predicted molar refractivity (Wildman–Crippen MR) is 50.1 cm³/mol. The van der Waals surface area contributed by atoms with Gasteiger partial charge >= 0.3 is 0 Å². The smallest absolute Gasteiger partial charge is 0.231 e. The highest BCUT2D eigenvalue weighted by molar-refractivity contribution is 5.91. The van der Waals surface area contributed by atoms with Crippen LogP contribution >= 0.6 is 0 Å². The molecule has 3 rings (SSSR count). The molecule has 1 aromatic heterocycles. The normalized spacial score (nSPS) is 13.4. The zero-order valence-corrected chi connectivity index (χ0v) is 7.23. The lowest BCUT2D eigenvalue weighted by Crippen LogP contribution is -1.92. The van der Waals surface area contributed by atoms with Gasteiger partial charge in [0.05, 0.1) is 17.4 Å². The molecule has 0 saturated heterocycles. The van der Waals surface area contributed by atoms with Crippen LogP contribution in [0.15, 0.2) is 18.3 Å². The number of nitrogens with zero attached hydrogens (tertiary/aromatic N) is 2. The third-order valence-electron chi connectivity index (χ3n) is 2.16. The Kier molecular flexibility index (Phi) is 1.30. The molecule has 0 fully saturated rings. The summed E-state index contributed by atoms with van der Waals surface area (Å²) < 4.78 is 10.5. The minimum atomic E-state index is 0.249. The number of ether oxygens (including phenoxy) is 2. The summed E-state index contributed by atoms with van der Waals surface area (Å²) in [6.45, 7) is 0.249. The monoisotopic (exact) mass is 189 g/mol. The summed E-state index contributed by atoms with van der Waals surface area (Å²) >= 11 is 0. The number of benzene rings is 1. The van der Waals surface area contributed by atoms with Crippen molar-refractivity contribution in [3.05, 3.63) is 18.3 Å². The number of rotatable bonds is 0. The molecule has 1 aliphatic rings. The van der Waals surface area contributed by atoms with Crippen LogP contribution < -0.4 is 15.2 Å². The van der Waals surface area contributed by atoms with E-state index in [2.05, 4.69) is 10.2 Å². The summed E-state index contributed by atoms with van der Waals surface area (Å²) in [5.74, 6) is 1.40. The van der Waals surface area contributed by atoms with Crippen molar-refractivity contribution in [2.75, 3.05) is 12.5 Å². The first kappa shape index (κ1) is 7.37. The van der Waals surface area contributed by atoms with Crippen LogP contribution in [0.25, 0.3) is 10.9 Å². The Hall–Kier alpha value is -2.04. The molecule has 5 nitrogen and oxygen atoms in total. The Morgan fingerprint density at radius 2 is 2.00 bits per heavy atom. The van der Waals surface area contributed by atoms with E-state index in [1.807, 2.05) is 6.07 Å². The number of hydrogen-bond donors (Lipinski definition) is 1. The fraction of sp³-hybridized carbons (Fsp3) is 0.111. The van der Waals surface area contributed by atoms with E-state index in [1.54, 1.807) is 6.07 Å². The Balaban J connectivity index is 2.39. The molecule has 2 N–H and O–H groups in total. The van der Waals surface area contributed by atoms with Gasteiger partial charge < -0.3 is 15.2 Å². The SMILES string of the molecule is Nc1cnnc2cc3c(cc12)OCO3. The lowest BCUT2D eigenvalue weighted by Gasteiger charge is -2.01. The van der Waals surface area contributed by atoms with Gasteiger partial charge in [-0.3, -0.25) is 0 Å². The van der Waals surface area contributed by atoms with Gasteiger partial charge in [0.25, 0.3) is 0 Å². The number of nitrogen functional groups attached to an aromatic ring is 1. The van der Waals surface area contributed by atoms with Crippen molar-refractivity contribution in [3.8, 4) is 11.5 Å². The summed E-state index contributed by atoms with van der Waals surface area (Å²) in [6.07, 6.45) is 1.52. The molecule has 2 aromatic rings. The first-order valence-corrected chi connectivity index (χ1v) is 4.15. The van der Waals surface area contributed by atoms with Gasteiger partial charge in [-0.25, -0.2) is 0 Å². The third-order valence-corrected chi connectivity index (χ3v) is 2.16. The fourth-order valence-electron chi connectivity index (χ4n) is 1.47. The molecule has 0 atom stereocenters. The zero-order chi connectivity index (χ0) is 9.54. The molecule has 1 aliphatic heterocycles. The maximum Gasteiger partial charge on any atom is 0.231 e. The van der Waals surface area contributed by atoms with Crippen LogP contribution in [0.3, 0.4) is 0 Å². The number of anilines is 1. The molecule has 0 spiro atoms. The molecule has 0 amide bonds. The van der Waals surface area contributed by atoms with Gasteiger partial charge in [-0.2, -0.15) is 10.2 Å². The first-order valence-electron chi connectivity index (χ1n) is 4.15. The summed E-state index contributed by atoms with van der Waals surface area (Å²) in [5.41, 5.74) is 7.06. The van der Waals surface area contributed by atoms with Gasteiger partial charge in [0.1, 0.15) is 0 Å². The Labute approximate surface area is 79.4 Å². The molecule has 0 radical (unpaired) electrons. The molecular weight excluding hydrogens is 182 g/mol. The molecule has 0 unspecified atom stereocenters. The highest BCUT2D eigenvalue weighted by atomic mass is 16.7. The number of nitrogens with two attached hydrogens (primary N) is 1. The average molecular weight is 189 g/mol. The van der Waals surface area contributed by atoms with Crippen molar-refractivity contribution in [2.24, 2.45) is 0 Å². The van der Waals surface area contributed by atoms with Crippen molar-refractivity contribution < 1.29 is 9.47 Å². The standard InChI is InChI=1S/C9H7N3O2/c10-6-3-11-12-7-2-9-8(1-5(6)7)13-4-14-9/h1-3H,4H2,(H2,10,12). The largest absolute Gasteiger partial charge is 0.454 e. The van der Waals surface area contributed by atoms with Gasteiger partial charge in [-0.1, -0.05) is 0 Å². The molecule has 0 saturated carbocycles. The Morgan fingerprint density at radius 1 is 1.21 bits per heavy atom. The Bertz CT molecular complexity index is 513. The van der Waals surface area contributed by atoms with Crippen molar-refractivity contribution >= 4 is 16.6 Å². The van der Waals surface area contributed by atoms with E-state index in [-0.39, 0.29) is 6.79 Å². The fourth-order valence-corrected chi connectivity index (χ4v) is 1.47. The van der Waals surface area contributed by atoms with E-state index in [4.69, 9.17) is 15.2 Å². The van der Waals surface area contributed by atoms with Crippen LogP contribution in [0.2, 0.25) is 0 Å². The Morgan fingerprint density at radius 3 is 2.86 bits per heavy atom. The van der Waals surface area contributed by atoms with E-state index >= 15 is 0 Å². The molecule has 2 heterocycles. The van der Waals surface area contributed by atoms with E-state index in [0.29, 0.717) is 22.7 Å². The van der Waals surface area contributed by atoms with Crippen LogP contribution in [0, 0.1) is 0 Å². The maximum absolute atomic E-state index is 5.75. The molecule has 5 heteroatoms. The van der Waals surface area contributed by atoms with Gasteiger partial charge in [0, 0.05) is 11.5 Å². The van der Waals surface area contributed by atoms with Crippen molar-refractivity contribution in [1.29, 1.82) is 0 Å².